The van der Waals surface area contributed by atoms with Gasteiger partial charge in [0.15, 0.2) is 0 Å². The number of hydrogen-bond donors (Lipinski definition) is 1. The normalized spacial score (nSPS) is 22.4. The Bertz CT molecular complexity index is 184. The maximum absolute atomic E-state index is 11.5. The van der Waals surface area contributed by atoms with Crippen molar-refractivity contribution in [2.75, 3.05) is 32.9 Å². The molecule has 4 heteroatoms. The number of amides is 1. The number of aliphatic hydroxyl groups excluding tert-OH is 1. The molecule has 0 bridgehead atoms. The molecule has 82 valence electrons. The molecule has 1 fully saturated rings. The van der Waals surface area contributed by atoms with Crippen LogP contribution >= 0.6 is 0 Å². The summed E-state index contributed by atoms with van der Waals surface area (Å²) in [5.74, 6) is 0.305. The lowest BCUT2D eigenvalue weighted by Gasteiger charge is -2.31. The molecule has 0 aromatic heterocycles. The van der Waals surface area contributed by atoms with Crippen LogP contribution in [0.25, 0.3) is 0 Å². The van der Waals surface area contributed by atoms with Gasteiger partial charge in [-0.1, -0.05) is 0 Å². The van der Waals surface area contributed by atoms with E-state index in [-0.39, 0.29) is 25.0 Å². The Balaban J connectivity index is 2.31. The second-order valence-electron chi connectivity index (χ2n) is 3.67. The van der Waals surface area contributed by atoms with Gasteiger partial charge in [0.05, 0.1) is 0 Å². The van der Waals surface area contributed by atoms with Gasteiger partial charge in [-0.2, -0.15) is 0 Å². The Hall–Kier alpha value is -0.610. The zero-order chi connectivity index (χ0) is 10.4. The van der Waals surface area contributed by atoms with Crippen LogP contribution in [0.3, 0.4) is 0 Å². The zero-order valence-corrected chi connectivity index (χ0v) is 8.74. The van der Waals surface area contributed by atoms with E-state index in [9.17, 15) is 4.79 Å². The molecular weight excluding hydrogens is 182 g/mol. The lowest BCUT2D eigenvalue weighted by Crippen LogP contribution is -2.42. The fraction of sp³-hybridized carbons (Fsp3) is 0.900. The molecule has 0 radical (unpaired) electrons. The van der Waals surface area contributed by atoms with Crippen molar-refractivity contribution < 1.29 is 14.6 Å². The molecule has 0 aliphatic carbocycles. The fourth-order valence-electron chi connectivity index (χ4n) is 1.72. The molecule has 14 heavy (non-hydrogen) atoms. The maximum Gasteiger partial charge on any atom is 0.248 e. The number of likely N-dealkylation sites (tertiary alicyclic amines) is 1. The molecular formula is C10H19NO3. The molecule has 1 saturated heterocycles. The van der Waals surface area contributed by atoms with Gasteiger partial charge < -0.3 is 14.7 Å². The molecule has 4 nitrogen and oxygen atoms in total. The minimum absolute atomic E-state index is 0.0463. The standard InChI is InChI=1S/C10H19NO3/c1-2-14-8-10(13)11-5-3-4-9(6-11)7-12/h9,12H,2-8H2,1H3. The van der Waals surface area contributed by atoms with Gasteiger partial charge in [0.1, 0.15) is 6.61 Å². The lowest BCUT2D eigenvalue weighted by molar-refractivity contribution is -0.138. The van der Waals surface area contributed by atoms with Gasteiger partial charge in [0.2, 0.25) is 5.91 Å². The highest BCUT2D eigenvalue weighted by Crippen LogP contribution is 2.15. The molecule has 0 aromatic carbocycles. The molecule has 1 N–H and O–H groups in total. The summed E-state index contributed by atoms with van der Waals surface area (Å²) in [6.45, 7) is 4.29. The topological polar surface area (TPSA) is 49.8 Å². The predicted octanol–water partition coefficient (Wildman–Crippen LogP) is 0.254. The third kappa shape index (κ3) is 3.27. The van der Waals surface area contributed by atoms with E-state index in [0.717, 1.165) is 19.4 Å². The number of nitrogens with zero attached hydrogens (tertiary/aromatic N) is 1. The van der Waals surface area contributed by atoms with Crippen molar-refractivity contribution in [1.82, 2.24) is 4.90 Å². The van der Waals surface area contributed by atoms with Crippen LogP contribution in [0, 0.1) is 5.92 Å². The first kappa shape index (κ1) is 11.5. The summed E-state index contributed by atoms with van der Waals surface area (Å²) in [4.78, 5) is 13.3. The summed E-state index contributed by atoms with van der Waals surface area (Å²) >= 11 is 0. The minimum atomic E-state index is 0.0463. The molecule has 1 aliphatic heterocycles. The van der Waals surface area contributed by atoms with Crippen molar-refractivity contribution >= 4 is 5.91 Å². The van der Waals surface area contributed by atoms with Crippen molar-refractivity contribution in [1.29, 1.82) is 0 Å². The van der Waals surface area contributed by atoms with Gasteiger partial charge in [-0.05, 0) is 25.7 Å². The summed E-state index contributed by atoms with van der Waals surface area (Å²) < 4.78 is 5.06. The molecule has 0 spiro atoms. The SMILES string of the molecule is CCOCC(=O)N1CCCC(CO)C1. The predicted molar refractivity (Wildman–Crippen MR) is 52.9 cm³/mol. The van der Waals surface area contributed by atoms with Crippen molar-refractivity contribution in [2.24, 2.45) is 5.92 Å². The fourth-order valence-corrected chi connectivity index (χ4v) is 1.72. The second kappa shape index (κ2) is 5.98. The van der Waals surface area contributed by atoms with Crippen molar-refractivity contribution in [3.05, 3.63) is 0 Å². The van der Waals surface area contributed by atoms with E-state index in [1.807, 2.05) is 6.92 Å². The average molecular weight is 201 g/mol. The van der Waals surface area contributed by atoms with Crippen LogP contribution in [0.2, 0.25) is 0 Å². The van der Waals surface area contributed by atoms with Gasteiger partial charge in [-0.15, -0.1) is 0 Å². The molecule has 1 unspecified atom stereocenters. The molecule has 0 saturated carbocycles. The highest BCUT2D eigenvalue weighted by molar-refractivity contribution is 5.77. The number of aliphatic hydroxyl groups is 1. The second-order valence-corrected chi connectivity index (χ2v) is 3.67. The van der Waals surface area contributed by atoms with E-state index in [0.29, 0.717) is 13.2 Å². The first-order valence-electron chi connectivity index (χ1n) is 5.24. The van der Waals surface area contributed by atoms with Gasteiger partial charge in [-0.25, -0.2) is 0 Å². The summed E-state index contributed by atoms with van der Waals surface area (Å²) in [6, 6.07) is 0. The van der Waals surface area contributed by atoms with Crippen LogP contribution in [0.15, 0.2) is 0 Å². The van der Waals surface area contributed by atoms with E-state index in [2.05, 4.69) is 0 Å². The number of ether oxygens (including phenoxy) is 1. The summed E-state index contributed by atoms with van der Waals surface area (Å²) in [5.41, 5.74) is 0. The third-order valence-electron chi connectivity index (χ3n) is 2.56. The molecule has 1 rings (SSSR count). The molecule has 1 amide bonds. The average Bonchev–Trinajstić information content (AvgIpc) is 2.26. The minimum Gasteiger partial charge on any atom is -0.396 e. The smallest absolute Gasteiger partial charge is 0.248 e. The van der Waals surface area contributed by atoms with E-state index in [1.165, 1.54) is 0 Å². The Labute approximate surface area is 84.8 Å². The van der Waals surface area contributed by atoms with Crippen LogP contribution in [0.5, 0.6) is 0 Å². The van der Waals surface area contributed by atoms with Crippen LogP contribution in [-0.4, -0.2) is 48.8 Å². The highest BCUT2D eigenvalue weighted by atomic mass is 16.5. The highest BCUT2D eigenvalue weighted by Gasteiger charge is 2.22. The summed E-state index contributed by atoms with van der Waals surface area (Å²) in [6.07, 6.45) is 2.01. The number of piperidine rings is 1. The Kier molecular flexibility index (Phi) is 4.90. The third-order valence-corrected chi connectivity index (χ3v) is 2.56. The Morgan fingerprint density at radius 3 is 3.07 bits per heavy atom. The molecule has 0 aromatic rings. The first-order valence-corrected chi connectivity index (χ1v) is 5.24. The van der Waals surface area contributed by atoms with Gasteiger partial charge in [0.25, 0.3) is 0 Å². The first-order chi connectivity index (χ1) is 6.77. The Morgan fingerprint density at radius 1 is 1.64 bits per heavy atom. The molecule has 1 aliphatic rings. The lowest BCUT2D eigenvalue weighted by atomic mass is 9.99. The van der Waals surface area contributed by atoms with Crippen LogP contribution in [-0.2, 0) is 9.53 Å². The number of carbonyl (C=O) groups is 1. The van der Waals surface area contributed by atoms with Crippen molar-refractivity contribution in [2.45, 2.75) is 19.8 Å². The van der Waals surface area contributed by atoms with Gasteiger partial charge in [0, 0.05) is 26.3 Å². The Morgan fingerprint density at radius 2 is 2.43 bits per heavy atom. The molecule has 1 heterocycles. The largest absolute Gasteiger partial charge is 0.396 e. The maximum atomic E-state index is 11.5. The summed E-state index contributed by atoms with van der Waals surface area (Å²) in [5, 5.41) is 9.00. The van der Waals surface area contributed by atoms with E-state index in [1.54, 1.807) is 4.90 Å². The summed E-state index contributed by atoms with van der Waals surface area (Å²) in [7, 11) is 0. The zero-order valence-electron chi connectivity index (χ0n) is 8.74. The van der Waals surface area contributed by atoms with Crippen molar-refractivity contribution in [3.63, 3.8) is 0 Å². The number of hydrogen-bond acceptors (Lipinski definition) is 3. The van der Waals surface area contributed by atoms with Crippen molar-refractivity contribution in [3.8, 4) is 0 Å². The van der Waals surface area contributed by atoms with Gasteiger partial charge in [-0.3, -0.25) is 4.79 Å². The monoisotopic (exact) mass is 201 g/mol. The van der Waals surface area contributed by atoms with E-state index < -0.39 is 0 Å². The quantitative estimate of drug-likeness (QED) is 0.709. The number of rotatable bonds is 4. The number of carbonyl (C=O) groups excluding carboxylic acids is 1. The van der Waals surface area contributed by atoms with Crippen LogP contribution in [0.1, 0.15) is 19.8 Å². The van der Waals surface area contributed by atoms with E-state index >= 15 is 0 Å². The van der Waals surface area contributed by atoms with Gasteiger partial charge >= 0.3 is 0 Å². The van der Waals surface area contributed by atoms with E-state index in [4.69, 9.17) is 9.84 Å². The molecule has 1 atom stereocenters. The van der Waals surface area contributed by atoms with Crippen LogP contribution in [0.4, 0.5) is 0 Å². The van der Waals surface area contributed by atoms with Crippen LogP contribution < -0.4 is 0 Å².